The van der Waals surface area contributed by atoms with Gasteiger partial charge in [0.2, 0.25) is 0 Å². The summed E-state index contributed by atoms with van der Waals surface area (Å²) < 4.78 is 11.5. The molecule has 0 aromatic heterocycles. The van der Waals surface area contributed by atoms with E-state index in [1.54, 1.807) is 11.8 Å². The van der Waals surface area contributed by atoms with Crippen LogP contribution in [0.3, 0.4) is 0 Å². The zero-order valence-electron chi connectivity index (χ0n) is 13.5. The standard InChI is InChI=1S/C19H20ClNO3/c1-14(24-17-5-3-2-4-6-17)19(22)21-11-18(12-21)23-13-15-7-9-16(20)10-8-15/h2-10,14,18H,11-13H2,1H3/t14-/m1/s1. The van der Waals surface area contributed by atoms with Gasteiger partial charge >= 0.3 is 0 Å². The quantitative estimate of drug-likeness (QED) is 0.804. The van der Waals surface area contributed by atoms with Gasteiger partial charge in [-0.3, -0.25) is 4.79 Å². The van der Waals surface area contributed by atoms with E-state index in [9.17, 15) is 4.79 Å². The second kappa shape index (κ2) is 7.69. The number of carbonyl (C=O) groups is 1. The second-order valence-corrected chi connectivity index (χ2v) is 6.31. The van der Waals surface area contributed by atoms with Crippen molar-refractivity contribution in [3.05, 3.63) is 65.2 Å². The number of para-hydroxylation sites is 1. The smallest absolute Gasteiger partial charge is 0.263 e. The molecule has 0 saturated carbocycles. The number of halogens is 1. The van der Waals surface area contributed by atoms with Crippen LogP contribution in [0.5, 0.6) is 5.75 Å². The molecule has 5 heteroatoms. The lowest BCUT2D eigenvalue weighted by Gasteiger charge is -2.40. The van der Waals surface area contributed by atoms with Crippen molar-refractivity contribution < 1.29 is 14.3 Å². The van der Waals surface area contributed by atoms with E-state index in [1.165, 1.54) is 0 Å². The maximum absolute atomic E-state index is 12.3. The molecule has 1 amide bonds. The predicted octanol–water partition coefficient (Wildman–Crippen LogP) is 3.53. The molecule has 1 atom stereocenters. The minimum absolute atomic E-state index is 0.00908. The summed E-state index contributed by atoms with van der Waals surface area (Å²) in [5.74, 6) is 0.694. The minimum atomic E-state index is -0.496. The van der Waals surface area contributed by atoms with Crippen LogP contribution >= 0.6 is 11.6 Å². The Morgan fingerprint density at radius 3 is 2.50 bits per heavy atom. The number of amides is 1. The summed E-state index contributed by atoms with van der Waals surface area (Å²) in [6.45, 7) is 3.51. The van der Waals surface area contributed by atoms with Gasteiger partial charge in [0.25, 0.3) is 5.91 Å². The average molecular weight is 346 g/mol. The van der Waals surface area contributed by atoms with E-state index in [1.807, 2.05) is 54.6 Å². The molecule has 1 fully saturated rings. The number of hydrogen-bond donors (Lipinski definition) is 0. The molecule has 0 spiro atoms. The number of nitrogens with zero attached hydrogens (tertiary/aromatic N) is 1. The highest BCUT2D eigenvalue weighted by Crippen LogP contribution is 2.18. The summed E-state index contributed by atoms with van der Waals surface area (Å²) in [5, 5.41) is 0.714. The van der Waals surface area contributed by atoms with E-state index in [4.69, 9.17) is 21.1 Å². The van der Waals surface area contributed by atoms with Crippen LogP contribution in [-0.4, -0.2) is 36.1 Å². The molecule has 1 aliphatic heterocycles. The van der Waals surface area contributed by atoms with E-state index in [0.29, 0.717) is 30.5 Å². The average Bonchev–Trinajstić information content (AvgIpc) is 2.55. The first kappa shape index (κ1) is 16.8. The summed E-state index contributed by atoms with van der Waals surface area (Å²) in [5.41, 5.74) is 1.07. The summed E-state index contributed by atoms with van der Waals surface area (Å²) >= 11 is 5.86. The van der Waals surface area contributed by atoms with Crippen molar-refractivity contribution in [2.45, 2.75) is 25.7 Å². The Hall–Kier alpha value is -2.04. The van der Waals surface area contributed by atoms with Gasteiger partial charge in [0.05, 0.1) is 12.7 Å². The van der Waals surface area contributed by atoms with Crippen LogP contribution in [0.4, 0.5) is 0 Å². The van der Waals surface area contributed by atoms with Crippen molar-refractivity contribution in [3.8, 4) is 5.75 Å². The molecule has 0 unspecified atom stereocenters. The van der Waals surface area contributed by atoms with E-state index < -0.39 is 6.10 Å². The summed E-state index contributed by atoms with van der Waals surface area (Å²) in [4.78, 5) is 14.1. The molecular formula is C19H20ClNO3. The molecular weight excluding hydrogens is 326 g/mol. The number of benzene rings is 2. The van der Waals surface area contributed by atoms with E-state index >= 15 is 0 Å². The first-order valence-corrected chi connectivity index (χ1v) is 8.36. The topological polar surface area (TPSA) is 38.8 Å². The van der Waals surface area contributed by atoms with Crippen LogP contribution in [0.15, 0.2) is 54.6 Å². The molecule has 4 nitrogen and oxygen atoms in total. The first-order chi connectivity index (χ1) is 11.6. The highest BCUT2D eigenvalue weighted by atomic mass is 35.5. The molecule has 2 aromatic rings. The highest BCUT2D eigenvalue weighted by molar-refractivity contribution is 6.30. The monoisotopic (exact) mass is 345 g/mol. The minimum Gasteiger partial charge on any atom is -0.481 e. The van der Waals surface area contributed by atoms with E-state index in [-0.39, 0.29) is 12.0 Å². The first-order valence-electron chi connectivity index (χ1n) is 7.98. The second-order valence-electron chi connectivity index (χ2n) is 5.88. The number of carbonyl (C=O) groups excluding carboxylic acids is 1. The van der Waals surface area contributed by atoms with Crippen LogP contribution in [0.1, 0.15) is 12.5 Å². The maximum Gasteiger partial charge on any atom is 0.263 e. The van der Waals surface area contributed by atoms with Gasteiger partial charge in [0.1, 0.15) is 5.75 Å². The zero-order chi connectivity index (χ0) is 16.9. The molecule has 126 valence electrons. The molecule has 1 aliphatic rings. The fourth-order valence-electron chi connectivity index (χ4n) is 2.53. The third-order valence-electron chi connectivity index (χ3n) is 3.96. The largest absolute Gasteiger partial charge is 0.481 e. The highest BCUT2D eigenvalue weighted by Gasteiger charge is 2.34. The van der Waals surface area contributed by atoms with Crippen LogP contribution in [0.25, 0.3) is 0 Å². The van der Waals surface area contributed by atoms with Crippen molar-refractivity contribution >= 4 is 17.5 Å². The fourth-order valence-corrected chi connectivity index (χ4v) is 2.65. The Kier molecular flexibility index (Phi) is 5.38. The number of ether oxygens (including phenoxy) is 2. The van der Waals surface area contributed by atoms with Gasteiger partial charge in [0, 0.05) is 18.1 Å². The SMILES string of the molecule is C[C@@H](Oc1ccccc1)C(=O)N1CC(OCc2ccc(Cl)cc2)C1. The van der Waals surface area contributed by atoms with Crippen molar-refractivity contribution in [1.82, 2.24) is 4.90 Å². The Balaban J connectivity index is 1.40. The van der Waals surface area contributed by atoms with Crippen molar-refractivity contribution in [3.63, 3.8) is 0 Å². The Morgan fingerprint density at radius 1 is 1.17 bits per heavy atom. The predicted molar refractivity (Wildman–Crippen MR) is 93.1 cm³/mol. The third kappa shape index (κ3) is 4.28. The molecule has 0 N–H and O–H groups in total. The van der Waals surface area contributed by atoms with E-state index in [2.05, 4.69) is 0 Å². The van der Waals surface area contributed by atoms with Gasteiger partial charge in [-0.15, -0.1) is 0 Å². The van der Waals surface area contributed by atoms with Crippen molar-refractivity contribution in [1.29, 1.82) is 0 Å². The zero-order valence-corrected chi connectivity index (χ0v) is 14.3. The number of hydrogen-bond acceptors (Lipinski definition) is 3. The summed E-state index contributed by atoms with van der Waals surface area (Å²) in [6.07, 6.45) is -0.418. The Bertz CT molecular complexity index is 669. The van der Waals surface area contributed by atoms with Gasteiger partial charge in [-0.05, 0) is 36.8 Å². The molecule has 0 aliphatic carbocycles. The van der Waals surface area contributed by atoms with Gasteiger partial charge in [-0.2, -0.15) is 0 Å². The molecule has 24 heavy (non-hydrogen) atoms. The van der Waals surface area contributed by atoms with E-state index in [0.717, 1.165) is 5.56 Å². The molecule has 2 aromatic carbocycles. The lowest BCUT2D eigenvalue weighted by atomic mass is 10.1. The molecule has 1 saturated heterocycles. The third-order valence-corrected chi connectivity index (χ3v) is 4.21. The van der Waals surface area contributed by atoms with Gasteiger partial charge in [0.15, 0.2) is 6.10 Å². The van der Waals surface area contributed by atoms with Crippen LogP contribution in [0.2, 0.25) is 5.02 Å². The summed E-state index contributed by atoms with van der Waals surface area (Å²) in [7, 11) is 0. The van der Waals surface area contributed by atoms with Crippen molar-refractivity contribution in [2.24, 2.45) is 0 Å². The lowest BCUT2D eigenvalue weighted by Crippen LogP contribution is -2.57. The van der Waals surface area contributed by atoms with Crippen LogP contribution < -0.4 is 4.74 Å². The normalized spacial score (nSPS) is 15.7. The van der Waals surface area contributed by atoms with Crippen LogP contribution in [-0.2, 0) is 16.1 Å². The molecule has 3 rings (SSSR count). The van der Waals surface area contributed by atoms with Crippen LogP contribution in [0, 0.1) is 0 Å². The molecule has 1 heterocycles. The van der Waals surface area contributed by atoms with Gasteiger partial charge in [-0.25, -0.2) is 0 Å². The maximum atomic E-state index is 12.3. The van der Waals surface area contributed by atoms with Gasteiger partial charge < -0.3 is 14.4 Å². The number of likely N-dealkylation sites (tertiary alicyclic amines) is 1. The van der Waals surface area contributed by atoms with Crippen molar-refractivity contribution in [2.75, 3.05) is 13.1 Å². The Labute approximate surface area is 146 Å². The summed E-state index contributed by atoms with van der Waals surface area (Å²) in [6, 6.07) is 17.0. The molecule has 0 bridgehead atoms. The van der Waals surface area contributed by atoms with Gasteiger partial charge in [-0.1, -0.05) is 41.9 Å². The molecule has 0 radical (unpaired) electrons. The Morgan fingerprint density at radius 2 is 1.83 bits per heavy atom. The fraction of sp³-hybridized carbons (Fsp3) is 0.316. The number of rotatable bonds is 6. The lowest BCUT2D eigenvalue weighted by molar-refractivity contribution is -0.152.